The molecule has 1 saturated heterocycles. The fraction of sp³-hybridized carbons (Fsp3) is 0.500. The molecule has 1 aromatic carbocycles. The van der Waals surface area contributed by atoms with Crippen molar-refractivity contribution in [1.29, 1.82) is 0 Å². The van der Waals surface area contributed by atoms with E-state index in [9.17, 15) is 8.42 Å². The minimum atomic E-state index is -3.14. The van der Waals surface area contributed by atoms with Crippen LogP contribution in [0.3, 0.4) is 0 Å². The molecule has 23 heavy (non-hydrogen) atoms. The first-order valence-electron chi connectivity index (χ1n) is 7.83. The van der Waals surface area contributed by atoms with Gasteiger partial charge in [0.15, 0.2) is 0 Å². The lowest BCUT2D eigenvalue weighted by molar-refractivity contribution is 0.410. The molecule has 1 aliphatic heterocycles. The molecule has 1 atom stereocenters. The average molecular weight is 334 g/mol. The second-order valence-corrected chi connectivity index (χ2v) is 8.13. The average Bonchev–Trinajstić information content (AvgIpc) is 2.52. The molecule has 1 N–H and O–H groups in total. The third-order valence-electron chi connectivity index (χ3n) is 4.22. The molecule has 0 amide bonds. The molecule has 2 aromatic rings. The van der Waals surface area contributed by atoms with E-state index in [0.717, 1.165) is 42.7 Å². The van der Waals surface area contributed by atoms with Gasteiger partial charge in [0.1, 0.15) is 12.1 Å². The molecule has 3 rings (SSSR count). The molecule has 0 saturated carbocycles. The van der Waals surface area contributed by atoms with Gasteiger partial charge in [-0.2, -0.15) is 0 Å². The van der Waals surface area contributed by atoms with Crippen molar-refractivity contribution in [2.75, 3.05) is 30.8 Å². The first kappa shape index (κ1) is 16.1. The first-order valence-corrected chi connectivity index (χ1v) is 9.72. The van der Waals surface area contributed by atoms with Crippen LogP contribution < -0.4 is 9.62 Å². The minimum Gasteiger partial charge on any atom is -0.356 e. The van der Waals surface area contributed by atoms with Gasteiger partial charge in [0, 0.05) is 25.0 Å². The van der Waals surface area contributed by atoms with Gasteiger partial charge < -0.3 is 4.90 Å². The third-order valence-corrected chi connectivity index (χ3v) is 4.91. The van der Waals surface area contributed by atoms with Crippen molar-refractivity contribution in [2.45, 2.75) is 19.8 Å². The lowest BCUT2D eigenvalue weighted by atomic mass is 9.98. The molecule has 1 aromatic heterocycles. The number of anilines is 1. The number of hydrogen-bond donors (Lipinski definition) is 1. The Kier molecular flexibility index (Phi) is 4.50. The molecule has 1 unspecified atom stereocenters. The van der Waals surface area contributed by atoms with E-state index in [1.165, 1.54) is 11.8 Å². The van der Waals surface area contributed by atoms with E-state index in [1.807, 2.05) is 12.1 Å². The summed E-state index contributed by atoms with van der Waals surface area (Å²) in [6.07, 6.45) is 4.87. The fourth-order valence-electron chi connectivity index (χ4n) is 3.10. The van der Waals surface area contributed by atoms with Gasteiger partial charge in [0.25, 0.3) is 0 Å². The van der Waals surface area contributed by atoms with Gasteiger partial charge in [-0.25, -0.2) is 23.1 Å². The quantitative estimate of drug-likeness (QED) is 0.921. The molecular formula is C16H22N4O2S. The maximum absolute atomic E-state index is 11.3. The lowest BCUT2D eigenvalue weighted by Crippen LogP contribution is -2.41. The number of nitrogens with one attached hydrogen (secondary N) is 1. The highest BCUT2D eigenvalue weighted by molar-refractivity contribution is 7.88. The highest BCUT2D eigenvalue weighted by Gasteiger charge is 2.23. The zero-order valence-corrected chi connectivity index (χ0v) is 14.3. The molecule has 0 aliphatic carbocycles. The van der Waals surface area contributed by atoms with Crippen molar-refractivity contribution in [3.63, 3.8) is 0 Å². The molecule has 1 fully saturated rings. The number of sulfonamides is 1. The van der Waals surface area contributed by atoms with Crippen LogP contribution in [-0.4, -0.2) is 44.3 Å². The summed E-state index contributed by atoms with van der Waals surface area (Å²) < 4.78 is 25.2. The lowest BCUT2D eigenvalue weighted by Gasteiger charge is -2.34. The summed E-state index contributed by atoms with van der Waals surface area (Å²) in [6, 6.07) is 6.18. The Bertz CT molecular complexity index is 807. The molecule has 124 valence electrons. The normalized spacial score (nSPS) is 19.2. The van der Waals surface area contributed by atoms with Crippen molar-refractivity contribution in [2.24, 2.45) is 5.92 Å². The number of aryl methyl sites for hydroxylation is 1. The number of piperidine rings is 1. The summed E-state index contributed by atoms with van der Waals surface area (Å²) in [5.74, 6) is 1.25. The molecule has 1 aliphatic rings. The Labute approximate surface area is 137 Å². The summed E-state index contributed by atoms with van der Waals surface area (Å²) in [4.78, 5) is 11.1. The van der Waals surface area contributed by atoms with E-state index in [2.05, 4.69) is 32.6 Å². The van der Waals surface area contributed by atoms with Gasteiger partial charge in [-0.1, -0.05) is 11.6 Å². The zero-order valence-electron chi connectivity index (χ0n) is 13.5. The van der Waals surface area contributed by atoms with E-state index < -0.39 is 10.0 Å². The van der Waals surface area contributed by atoms with Crippen LogP contribution in [0.25, 0.3) is 10.9 Å². The molecule has 7 heteroatoms. The van der Waals surface area contributed by atoms with Crippen molar-refractivity contribution in [3.8, 4) is 0 Å². The van der Waals surface area contributed by atoms with Crippen molar-refractivity contribution in [1.82, 2.24) is 14.7 Å². The summed E-state index contributed by atoms with van der Waals surface area (Å²) in [6.45, 7) is 4.29. The van der Waals surface area contributed by atoms with Gasteiger partial charge in [0.05, 0.1) is 11.8 Å². The highest BCUT2D eigenvalue weighted by atomic mass is 32.2. The molecule has 0 bridgehead atoms. The number of rotatable bonds is 4. The smallest absolute Gasteiger partial charge is 0.208 e. The summed E-state index contributed by atoms with van der Waals surface area (Å²) in [5, 5.41) is 1.06. The topological polar surface area (TPSA) is 75.2 Å². The van der Waals surface area contributed by atoms with Gasteiger partial charge in [-0.3, -0.25) is 0 Å². The number of nitrogens with zero attached hydrogens (tertiary/aromatic N) is 3. The molecular weight excluding hydrogens is 312 g/mol. The molecule has 0 spiro atoms. The summed E-state index contributed by atoms with van der Waals surface area (Å²) in [5.41, 5.74) is 2.12. The van der Waals surface area contributed by atoms with E-state index in [0.29, 0.717) is 12.5 Å². The van der Waals surface area contributed by atoms with Crippen LogP contribution in [0.5, 0.6) is 0 Å². The van der Waals surface area contributed by atoms with E-state index in [1.54, 1.807) is 6.33 Å². The van der Waals surface area contributed by atoms with Gasteiger partial charge in [-0.15, -0.1) is 0 Å². The zero-order chi connectivity index (χ0) is 16.4. The van der Waals surface area contributed by atoms with Crippen LogP contribution >= 0.6 is 0 Å². The standard InChI is InChI=1S/C16H22N4O2S/c1-12-5-6-15-14(8-12)16(18-11-17-15)20-7-3-4-13(10-20)9-19-23(2,21)22/h5-6,8,11,13,19H,3-4,7,9-10H2,1-2H3. The number of hydrogen-bond acceptors (Lipinski definition) is 5. The SMILES string of the molecule is Cc1ccc2ncnc(N3CCCC(CNS(C)(=O)=O)C3)c2c1. The van der Waals surface area contributed by atoms with E-state index in [4.69, 9.17) is 0 Å². The predicted octanol–water partition coefficient (Wildman–Crippen LogP) is 1.70. The fourth-order valence-corrected chi connectivity index (χ4v) is 3.64. The van der Waals surface area contributed by atoms with Crippen LogP contribution in [0, 0.1) is 12.8 Å². The van der Waals surface area contributed by atoms with Crippen LogP contribution in [0.4, 0.5) is 5.82 Å². The maximum atomic E-state index is 11.3. The monoisotopic (exact) mass is 334 g/mol. The Morgan fingerprint density at radius 3 is 2.96 bits per heavy atom. The number of fused-ring (bicyclic) bond motifs is 1. The van der Waals surface area contributed by atoms with Crippen molar-refractivity contribution < 1.29 is 8.42 Å². The van der Waals surface area contributed by atoms with Gasteiger partial charge in [-0.05, 0) is 37.8 Å². The number of aromatic nitrogens is 2. The van der Waals surface area contributed by atoms with Crippen molar-refractivity contribution in [3.05, 3.63) is 30.1 Å². The first-order chi connectivity index (χ1) is 10.9. The van der Waals surface area contributed by atoms with Gasteiger partial charge >= 0.3 is 0 Å². The van der Waals surface area contributed by atoms with Crippen LogP contribution in [-0.2, 0) is 10.0 Å². The Balaban J connectivity index is 1.82. The van der Waals surface area contributed by atoms with Crippen LogP contribution in [0.1, 0.15) is 18.4 Å². The summed E-state index contributed by atoms with van der Waals surface area (Å²) >= 11 is 0. The largest absolute Gasteiger partial charge is 0.356 e. The van der Waals surface area contributed by atoms with Gasteiger partial charge in [0.2, 0.25) is 10.0 Å². The van der Waals surface area contributed by atoms with Crippen molar-refractivity contribution >= 4 is 26.7 Å². The van der Waals surface area contributed by atoms with E-state index in [-0.39, 0.29) is 0 Å². The summed E-state index contributed by atoms with van der Waals surface area (Å²) in [7, 11) is -3.14. The van der Waals surface area contributed by atoms with E-state index >= 15 is 0 Å². The highest BCUT2D eigenvalue weighted by Crippen LogP contribution is 2.27. The third kappa shape index (κ3) is 3.97. The molecule has 0 radical (unpaired) electrons. The maximum Gasteiger partial charge on any atom is 0.208 e. The Morgan fingerprint density at radius 1 is 1.35 bits per heavy atom. The van der Waals surface area contributed by atoms with Crippen LogP contribution in [0.2, 0.25) is 0 Å². The second kappa shape index (κ2) is 6.41. The molecule has 2 heterocycles. The van der Waals surface area contributed by atoms with Crippen LogP contribution in [0.15, 0.2) is 24.5 Å². The second-order valence-electron chi connectivity index (χ2n) is 6.29. The Morgan fingerprint density at radius 2 is 2.17 bits per heavy atom. The Hall–Kier alpha value is -1.73. The number of benzene rings is 1. The molecule has 6 nitrogen and oxygen atoms in total. The minimum absolute atomic E-state index is 0.299. The predicted molar refractivity (Wildman–Crippen MR) is 92.1 cm³/mol.